The fraction of sp³-hybridized carbons (Fsp3) is 0.756. The van der Waals surface area contributed by atoms with Crippen LogP contribution in [0.25, 0.3) is 0 Å². The number of methoxy groups -OCH3 is 1. The number of rotatable bonds is 2. The molecular formula is C41H62O7. The van der Waals surface area contributed by atoms with Crippen LogP contribution in [0.15, 0.2) is 34.4 Å². The Balaban J connectivity index is 1.96. The van der Waals surface area contributed by atoms with Gasteiger partial charge in [0.15, 0.2) is 0 Å². The number of aliphatic hydroxyl groups is 1. The summed E-state index contributed by atoms with van der Waals surface area (Å²) in [6, 6.07) is 0. The standard InChI is InChI=1S/C41H62O7/c1-24(2)30-21-33(42)28(6)15-11-14-27(5)19-34(43)31-20-29(7)38-32(41(31,23-35(30)44)39(46)47-9)18-26(4)13-10-12-25(3)16-17-37-40(8,48-37)22-36(38)45/h12,18,24,27-28,30-32,36-37,45H,10-11,13-17,19-23H2,1-9H3/b25-12+,26-18+/t27-,28+,30-,31+,32-,36+,37+,40+,41+/m0/s1. The van der Waals surface area contributed by atoms with E-state index in [0.717, 1.165) is 56.1 Å². The second-order valence-corrected chi connectivity index (χ2v) is 16.6. The second kappa shape index (κ2) is 15.7. The molecule has 1 N–H and O–H groups in total. The highest BCUT2D eigenvalue weighted by Crippen LogP contribution is 2.56. The third-order valence-electron chi connectivity index (χ3n) is 12.3. The van der Waals surface area contributed by atoms with Crippen molar-refractivity contribution in [2.45, 2.75) is 150 Å². The minimum Gasteiger partial charge on any atom is -0.469 e. The number of hydrogen-bond donors (Lipinski definition) is 1. The third kappa shape index (κ3) is 8.31. The molecule has 0 aromatic rings. The molecule has 0 spiro atoms. The molecule has 0 aromatic carbocycles. The lowest BCUT2D eigenvalue weighted by Crippen LogP contribution is -2.54. The van der Waals surface area contributed by atoms with Crippen LogP contribution in [0.1, 0.15) is 132 Å². The molecule has 1 saturated carbocycles. The summed E-state index contributed by atoms with van der Waals surface area (Å²) in [5, 5.41) is 12.2. The second-order valence-electron chi connectivity index (χ2n) is 16.6. The van der Waals surface area contributed by atoms with E-state index in [1.165, 1.54) is 12.7 Å². The number of ether oxygens (including phenoxy) is 2. The van der Waals surface area contributed by atoms with E-state index >= 15 is 0 Å². The Morgan fingerprint density at radius 2 is 1.67 bits per heavy atom. The van der Waals surface area contributed by atoms with Crippen LogP contribution in [-0.2, 0) is 28.7 Å². The molecule has 1 saturated heterocycles. The van der Waals surface area contributed by atoms with E-state index in [9.17, 15) is 24.3 Å². The first-order valence-corrected chi connectivity index (χ1v) is 18.6. The van der Waals surface area contributed by atoms with Crippen LogP contribution in [0.4, 0.5) is 0 Å². The van der Waals surface area contributed by atoms with Gasteiger partial charge in [-0.1, -0.05) is 69.4 Å². The van der Waals surface area contributed by atoms with Crippen LogP contribution in [-0.4, -0.2) is 53.3 Å². The van der Waals surface area contributed by atoms with Crippen molar-refractivity contribution < 1.29 is 33.8 Å². The van der Waals surface area contributed by atoms with Gasteiger partial charge in [-0.25, -0.2) is 0 Å². The van der Waals surface area contributed by atoms with E-state index in [0.29, 0.717) is 12.0 Å². The van der Waals surface area contributed by atoms with Gasteiger partial charge in [0.1, 0.15) is 17.3 Å². The predicted molar refractivity (Wildman–Crippen MR) is 188 cm³/mol. The Labute approximate surface area is 289 Å². The summed E-state index contributed by atoms with van der Waals surface area (Å²) in [6.07, 6.45) is 9.99. The highest BCUT2D eigenvalue weighted by molar-refractivity contribution is 5.97. The molecule has 0 bridgehead atoms. The lowest BCUT2D eigenvalue weighted by Gasteiger charge is -2.49. The largest absolute Gasteiger partial charge is 0.469 e. The summed E-state index contributed by atoms with van der Waals surface area (Å²) >= 11 is 0. The number of fused-ring (bicyclic) bond motifs is 4. The number of carbonyl (C=O) groups is 4. The molecule has 7 nitrogen and oxygen atoms in total. The predicted octanol–water partition coefficient (Wildman–Crippen LogP) is 8.08. The Kier molecular flexibility index (Phi) is 12.5. The lowest BCUT2D eigenvalue weighted by atomic mass is 9.53. The molecule has 3 aliphatic carbocycles. The fourth-order valence-electron chi connectivity index (χ4n) is 9.05. The zero-order chi connectivity index (χ0) is 35.6. The maximum atomic E-state index is 14.7. The van der Waals surface area contributed by atoms with E-state index < -0.39 is 40.8 Å². The number of hydrogen-bond acceptors (Lipinski definition) is 7. The summed E-state index contributed by atoms with van der Waals surface area (Å²) in [5.74, 6) is -3.09. The molecule has 48 heavy (non-hydrogen) atoms. The van der Waals surface area contributed by atoms with Crippen LogP contribution in [0.5, 0.6) is 0 Å². The molecule has 7 heteroatoms. The molecule has 0 aromatic heterocycles. The SMILES string of the molecule is COC(=O)[C@]12CC(=O)[C@H](C(C)C)CC(=O)[C@H](C)CCC[C@H](C)CC(=O)[C@H]1CC(C)=C1[C@H](O)C[C@@]3(C)O[C@@H]3CC/C(C)=C/CC/C(C)=C/[C@@H]12. The van der Waals surface area contributed by atoms with Gasteiger partial charge in [-0.2, -0.15) is 0 Å². The Bertz CT molecular complexity index is 1340. The average Bonchev–Trinajstić information content (AvgIpc) is 3.66. The van der Waals surface area contributed by atoms with Crippen molar-refractivity contribution in [1.82, 2.24) is 0 Å². The van der Waals surface area contributed by atoms with E-state index in [4.69, 9.17) is 9.47 Å². The molecule has 0 amide bonds. The Hall–Kier alpha value is -2.38. The van der Waals surface area contributed by atoms with Crippen molar-refractivity contribution in [3.05, 3.63) is 34.4 Å². The highest BCUT2D eigenvalue weighted by Gasteiger charge is 2.61. The van der Waals surface area contributed by atoms with Gasteiger partial charge >= 0.3 is 5.97 Å². The summed E-state index contributed by atoms with van der Waals surface area (Å²) < 4.78 is 11.8. The molecule has 4 rings (SSSR count). The molecule has 0 unspecified atom stereocenters. The smallest absolute Gasteiger partial charge is 0.313 e. The van der Waals surface area contributed by atoms with Crippen molar-refractivity contribution in [3.63, 3.8) is 0 Å². The Morgan fingerprint density at radius 1 is 0.958 bits per heavy atom. The normalized spacial score (nSPS) is 40.2. The molecule has 9 atom stereocenters. The summed E-state index contributed by atoms with van der Waals surface area (Å²) in [5.41, 5.74) is 1.88. The summed E-state index contributed by atoms with van der Waals surface area (Å²) in [7, 11) is 1.33. The van der Waals surface area contributed by atoms with E-state index in [1.54, 1.807) is 0 Å². The maximum absolute atomic E-state index is 14.7. The molecule has 4 aliphatic rings. The number of ketones is 3. The minimum atomic E-state index is -1.56. The molecule has 0 radical (unpaired) electrons. The first-order chi connectivity index (χ1) is 22.5. The van der Waals surface area contributed by atoms with Crippen LogP contribution in [0.3, 0.4) is 0 Å². The number of allylic oxidation sites excluding steroid dienone is 5. The number of Topliss-reactive ketones (excluding diaryl/α,β-unsaturated/α-hetero) is 3. The van der Waals surface area contributed by atoms with Gasteiger partial charge < -0.3 is 14.6 Å². The topological polar surface area (TPSA) is 110 Å². The Morgan fingerprint density at radius 3 is 2.33 bits per heavy atom. The average molecular weight is 667 g/mol. The van der Waals surface area contributed by atoms with Gasteiger partial charge in [-0.3, -0.25) is 19.2 Å². The van der Waals surface area contributed by atoms with Crippen molar-refractivity contribution in [2.24, 2.45) is 40.9 Å². The van der Waals surface area contributed by atoms with Gasteiger partial charge in [0, 0.05) is 49.4 Å². The van der Waals surface area contributed by atoms with Gasteiger partial charge in [-0.05, 0) is 83.6 Å². The van der Waals surface area contributed by atoms with Crippen molar-refractivity contribution in [1.29, 1.82) is 0 Å². The van der Waals surface area contributed by atoms with Crippen LogP contribution in [0.2, 0.25) is 0 Å². The zero-order valence-electron chi connectivity index (χ0n) is 31.2. The third-order valence-corrected chi connectivity index (χ3v) is 12.3. The molecule has 1 aliphatic heterocycles. The highest BCUT2D eigenvalue weighted by atomic mass is 16.6. The van der Waals surface area contributed by atoms with Crippen molar-refractivity contribution >= 4 is 23.3 Å². The summed E-state index contributed by atoms with van der Waals surface area (Å²) in [6.45, 7) is 16.1. The number of esters is 1. The summed E-state index contributed by atoms with van der Waals surface area (Å²) in [4.78, 5) is 57.3. The molecular weight excluding hydrogens is 604 g/mol. The van der Waals surface area contributed by atoms with Gasteiger partial charge in [0.05, 0.1) is 30.3 Å². The first kappa shape index (κ1) is 38.4. The van der Waals surface area contributed by atoms with Crippen LogP contribution < -0.4 is 0 Å². The maximum Gasteiger partial charge on any atom is 0.313 e. The number of epoxide rings is 1. The molecule has 2 fully saturated rings. The van der Waals surface area contributed by atoms with E-state index in [1.807, 2.05) is 41.5 Å². The van der Waals surface area contributed by atoms with Crippen LogP contribution in [0, 0.1) is 40.9 Å². The van der Waals surface area contributed by atoms with Crippen LogP contribution >= 0.6 is 0 Å². The van der Waals surface area contributed by atoms with Gasteiger partial charge in [-0.15, -0.1) is 0 Å². The monoisotopic (exact) mass is 666 g/mol. The van der Waals surface area contributed by atoms with Crippen molar-refractivity contribution in [3.8, 4) is 0 Å². The van der Waals surface area contributed by atoms with E-state index in [2.05, 4.69) is 26.0 Å². The zero-order valence-corrected chi connectivity index (χ0v) is 31.2. The molecule has 268 valence electrons. The lowest BCUT2D eigenvalue weighted by molar-refractivity contribution is -0.166. The first-order valence-electron chi connectivity index (χ1n) is 18.6. The number of aliphatic hydroxyl groups excluding tert-OH is 1. The molecule has 1 heterocycles. The number of carbonyl (C=O) groups excluding carboxylic acids is 4. The van der Waals surface area contributed by atoms with E-state index in [-0.39, 0.29) is 66.9 Å². The van der Waals surface area contributed by atoms with Crippen molar-refractivity contribution in [2.75, 3.05) is 7.11 Å². The minimum absolute atomic E-state index is 0.0301. The quantitative estimate of drug-likeness (QED) is 0.180. The fourth-order valence-corrected chi connectivity index (χ4v) is 9.05. The van der Waals surface area contributed by atoms with Gasteiger partial charge in [0.2, 0.25) is 0 Å². The van der Waals surface area contributed by atoms with Gasteiger partial charge in [0.25, 0.3) is 0 Å².